The van der Waals surface area contributed by atoms with Crippen molar-refractivity contribution in [3.05, 3.63) is 58.6 Å². The Bertz CT molecular complexity index is 825. The average Bonchev–Trinajstić information content (AvgIpc) is 3.14. The molecule has 1 fully saturated rings. The molecule has 5 nitrogen and oxygen atoms in total. The quantitative estimate of drug-likeness (QED) is 0.761. The zero-order valence-corrected chi connectivity index (χ0v) is 16.6. The lowest BCUT2D eigenvalue weighted by molar-refractivity contribution is -0.917. The van der Waals surface area contributed by atoms with Crippen LogP contribution >= 0.6 is 23.8 Å². The van der Waals surface area contributed by atoms with Gasteiger partial charge in [0.05, 0.1) is 26.2 Å². The Morgan fingerprint density at radius 1 is 1.07 bits per heavy atom. The molecule has 142 valence electrons. The highest BCUT2D eigenvalue weighted by Crippen LogP contribution is 2.32. The van der Waals surface area contributed by atoms with Crippen LogP contribution in [0.3, 0.4) is 0 Å². The van der Waals surface area contributed by atoms with Crippen LogP contribution in [0.2, 0.25) is 5.02 Å². The molecule has 1 saturated heterocycles. The Labute approximate surface area is 169 Å². The van der Waals surface area contributed by atoms with E-state index in [9.17, 15) is 0 Å². The molecule has 0 bridgehead atoms. The van der Waals surface area contributed by atoms with E-state index in [0.29, 0.717) is 13.3 Å². The number of benzene rings is 2. The summed E-state index contributed by atoms with van der Waals surface area (Å²) in [5, 5.41) is 4.99. The fraction of sp³-hybridized carbons (Fsp3) is 0.350. The van der Waals surface area contributed by atoms with Gasteiger partial charge in [0.15, 0.2) is 16.6 Å². The first-order valence-corrected chi connectivity index (χ1v) is 9.95. The van der Waals surface area contributed by atoms with Crippen molar-refractivity contribution >= 4 is 28.9 Å². The molecule has 2 aliphatic heterocycles. The minimum absolute atomic E-state index is 0.298. The van der Waals surface area contributed by atoms with E-state index < -0.39 is 0 Å². The van der Waals surface area contributed by atoms with Crippen molar-refractivity contribution in [3.63, 3.8) is 0 Å². The average molecular weight is 405 g/mol. The Morgan fingerprint density at radius 2 is 1.89 bits per heavy atom. The molecule has 0 aliphatic carbocycles. The van der Waals surface area contributed by atoms with Gasteiger partial charge in [0.1, 0.15) is 6.54 Å². The maximum absolute atomic E-state index is 6.09. The molecule has 0 unspecified atom stereocenters. The van der Waals surface area contributed by atoms with Gasteiger partial charge in [0, 0.05) is 17.1 Å². The predicted molar refractivity (Wildman–Crippen MR) is 109 cm³/mol. The summed E-state index contributed by atoms with van der Waals surface area (Å²) in [6, 6.07) is 14.1. The lowest BCUT2D eigenvalue weighted by atomic mass is 10.2. The second kappa shape index (κ2) is 8.33. The van der Waals surface area contributed by atoms with Gasteiger partial charge >= 0.3 is 0 Å². The van der Waals surface area contributed by atoms with Gasteiger partial charge in [-0.1, -0.05) is 29.8 Å². The molecule has 0 amide bonds. The number of thiocarbonyl (C=S) groups is 1. The van der Waals surface area contributed by atoms with Crippen molar-refractivity contribution in [1.29, 1.82) is 0 Å². The number of ether oxygens (including phenoxy) is 2. The summed E-state index contributed by atoms with van der Waals surface area (Å²) in [4.78, 5) is 3.82. The van der Waals surface area contributed by atoms with Crippen molar-refractivity contribution in [3.8, 4) is 11.5 Å². The number of fused-ring (bicyclic) bond motifs is 1. The number of piperazine rings is 1. The molecule has 2 aliphatic rings. The zero-order valence-electron chi connectivity index (χ0n) is 15.0. The molecule has 2 N–H and O–H groups in total. The van der Waals surface area contributed by atoms with E-state index in [2.05, 4.69) is 22.3 Å². The molecule has 7 heteroatoms. The SMILES string of the molecule is S=C(NCc1ccc2c(c1)OCO2)N1CC[NH+](Cc2cccc(Cl)c2)CC1. The maximum atomic E-state index is 6.09. The Balaban J connectivity index is 1.24. The van der Waals surface area contributed by atoms with Gasteiger partial charge in [-0.05, 0) is 42.0 Å². The summed E-state index contributed by atoms with van der Waals surface area (Å²) in [7, 11) is 0. The van der Waals surface area contributed by atoms with Crippen LogP contribution in [0.4, 0.5) is 0 Å². The Kier molecular flexibility index (Phi) is 5.66. The van der Waals surface area contributed by atoms with Gasteiger partial charge in [0.25, 0.3) is 0 Å². The molecule has 4 rings (SSSR count). The molecular formula is C20H23ClN3O2S+. The smallest absolute Gasteiger partial charge is 0.231 e. The minimum atomic E-state index is 0.298. The van der Waals surface area contributed by atoms with E-state index in [0.717, 1.165) is 59.9 Å². The fourth-order valence-electron chi connectivity index (χ4n) is 3.48. The third-order valence-corrected chi connectivity index (χ3v) is 5.62. The van der Waals surface area contributed by atoms with Crippen molar-refractivity contribution in [2.24, 2.45) is 0 Å². The number of nitrogens with one attached hydrogen (secondary N) is 2. The van der Waals surface area contributed by atoms with E-state index >= 15 is 0 Å². The van der Waals surface area contributed by atoms with Gasteiger partial charge in [-0.3, -0.25) is 0 Å². The molecule has 27 heavy (non-hydrogen) atoms. The van der Waals surface area contributed by atoms with E-state index in [1.807, 2.05) is 30.3 Å². The van der Waals surface area contributed by atoms with Gasteiger partial charge in [-0.2, -0.15) is 0 Å². The van der Waals surface area contributed by atoms with Crippen molar-refractivity contribution < 1.29 is 14.4 Å². The molecule has 2 heterocycles. The van der Waals surface area contributed by atoms with Crippen LogP contribution < -0.4 is 19.7 Å². The molecule has 0 aromatic heterocycles. The normalized spacial score (nSPS) is 16.4. The number of hydrogen-bond donors (Lipinski definition) is 2. The summed E-state index contributed by atoms with van der Waals surface area (Å²) in [5.41, 5.74) is 2.42. The van der Waals surface area contributed by atoms with Gasteiger partial charge in [-0.15, -0.1) is 0 Å². The topological polar surface area (TPSA) is 38.2 Å². The van der Waals surface area contributed by atoms with Gasteiger partial charge in [0.2, 0.25) is 6.79 Å². The predicted octanol–water partition coefficient (Wildman–Crippen LogP) is 1.84. The van der Waals surface area contributed by atoms with Crippen LogP contribution in [-0.2, 0) is 13.1 Å². The van der Waals surface area contributed by atoms with Gasteiger partial charge < -0.3 is 24.6 Å². The molecule has 0 spiro atoms. The summed E-state index contributed by atoms with van der Waals surface area (Å²) in [5.74, 6) is 1.61. The van der Waals surface area contributed by atoms with Crippen LogP contribution in [0.25, 0.3) is 0 Å². The molecule has 2 aromatic rings. The number of quaternary nitrogens is 1. The van der Waals surface area contributed by atoms with Crippen LogP contribution in [0, 0.1) is 0 Å². The molecule has 0 radical (unpaired) electrons. The Hall–Kier alpha value is -2.02. The highest BCUT2D eigenvalue weighted by Gasteiger charge is 2.22. The molecule has 0 atom stereocenters. The second-order valence-corrected chi connectivity index (χ2v) is 7.71. The number of halogens is 1. The summed E-state index contributed by atoms with van der Waals surface area (Å²) < 4.78 is 10.8. The van der Waals surface area contributed by atoms with Crippen molar-refractivity contribution in [2.45, 2.75) is 13.1 Å². The van der Waals surface area contributed by atoms with Crippen molar-refractivity contribution in [2.75, 3.05) is 33.0 Å². The summed E-state index contributed by atoms with van der Waals surface area (Å²) >= 11 is 11.7. The first-order chi connectivity index (χ1) is 13.2. The lowest BCUT2D eigenvalue weighted by Gasteiger charge is -2.34. The molecular weight excluding hydrogens is 382 g/mol. The third kappa shape index (κ3) is 4.64. The second-order valence-electron chi connectivity index (χ2n) is 6.89. The Morgan fingerprint density at radius 3 is 2.70 bits per heavy atom. The number of nitrogens with zero attached hydrogens (tertiary/aromatic N) is 1. The standard InChI is InChI=1S/C20H22ClN3O2S/c21-17-3-1-2-16(10-17)13-23-6-8-24(9-7-23)20(27)22-12-15-4-5-18-19(11-15)26-14-25-18/h1-5,10-11H,6-9,12-14H2,(H,22,27)/p+1. The van der Waals surface area contributed by atoms with Crippen LogP contribution in [0.1, 0.15) is 11.1 Å². The van der Waals surface area contributed by atoms with Gasteiger partial charge in [-0.25, -0.2) is 0 Å². The van der Waals surface area contributed by atoms with Crippen LogP contribution in [0.5, 0.6) is 11.5 Å². The van der Waals surface area contributed by atoms with E-state index in [4.69, 9.17) is 33.3 Å². The first-order valence-electron chi connectivity index (χ1n) is 9.17. The van der Waals surface area contributed by atoms with E-state index in [1.54, 1.807) is 4.90 Å². The monoisotopic (exact) mass is 404 g/mol. The fourth-order valence-corrected chi connectivity index (χ4v) is 3.95. The highest BCUT2D eigenvalue weighted by atomic mass is 35.5. The van der Waals surface area contributed by atoms with Crippen LogP contribution in [0.15, 0.2) is 42.5 Å². The van der Waals surface area contributed by atoms with E-state index in [1.165, 1.54) is 5.56 Å². The molecule has 2 aromatic carbocycles. The third-order valence-electron chi connectivity index (χ3n) is 4.98. The van der Waals surface area contributed by atoms with E-state index in [-0.39, 0.29) is 0 Å². The summed E-state index contributed by atoms with van der Waals surface area (Å²) in [6.45, 7) is 6.05. The number of hydrogen-bond acceptors (Lipinski definition) is 3. The first kappa shape index (κ1) is 18.3. The largest absolute Gasteiger partial charge is 0.454 e. The minimum Gasteiger partial charge on any atom is -0.454 e. The van der Waals surface area contributed by atoms with Crippen molar-refractivity contribution in [1.82, 2.24) is 10.2 Å². The summed E-state index contributed by atoms with van der Waals surface area (Å²) in [6.07, 6.45) is 0. The zero-order chi connectivity index (χ0) is 18.6. The highest BCUT2D eigenvalue weighted by molar-refractivity contribution is 7.80. The van der Waals surface area contributed by atoms with Crippen LogP contribution in [-0.4, -0.2) is 43.0 Å². The number of rotatable bonds is 4. The lowest BCUT2D eigenvalue weighted by Crippen LogP contribution is -3.13. The molecule has 0 saturated carbocycles. The maximum Gasteiger partial charge on any atom is 0.231 e.